The Hall–Kier alpha value is -1.36. The summed E-state index contributed by atoms with van der Waals surface area (Å²) in [5, 5.41) is 0. The molecule has 0 unspecified atom stereocenters. The van der Waals surface area contributed by atoms with Gasteiger partial charge in [-0.3, -0.25) is 37.7 Å². The average molecular weight is 1120 g/mol. The third-order valence-electron chi connectivity index (χ3n) is 12.8. The van der Waals surface area contributed by atoms with Crippen molar-refractivity contribution in [2.45, 2.75) is 388 Å². The van der Waals surface area contributed by atoms with Crippen molar-refractivity contribution < 1.29 is 48.2 Å². The molecule has 0 saturated carbocycles. The molecule has 0 rings (SSSR count). The molecule has 1 radical (unpaired) electrons. The second-order valence-electron chi connectivity index (χ2n) is 20.2. The van der Waals surface area contributed by atoms with Crippen LogP contribution in [-0.2, 0) is 48.2 Å². The first-order valence-electron chi connectivity index (χ1n) is 31.6. The molecule has 0 aliphatic rings. The molecule has 0 atom stereocenters. The van der Waals surface area contributed by atoms with E-state index in [1.165, 1.54) is 270 Å². The van der Waals surface area contributed by atoms with Gasteiger partial charge in [0.15, 0.2) is 0 Å². The van der Waals surface area contributed by atoms with Gasteiger partial charge in [-0.25, -0.2) is 0 Å². The molecule has 0 aromatic rings. The van der Waals surface area contributed by atoms with Gasteiger partial charge in [-0.2, -0.15) is 38.5 Å². The van der Waals surface area contributed by atoms with E-state index < -0.39 is 0 Å². The maximum absolute atomic E-state index is 9.85. The Morgan fingerprint density at radius 2 is 0.233 bits per heavy atom. The van der Waals surface area contributed by atoms with Gasteiger partial charge in [0.25, 0.3) is 0 Å². The third kappa shape index (κ3) is 120. The van der Waals surface area contributed by atoms with Crippen LogP contribution in [0.5, 0.6) is 0 Å². The summed E-state index contributed by atoms with van der Waals surface area (Å²) >= 11 is 0. The van der Waals surface area contributed by atoms with E-state index in [9.17, 15) is 28.8 Å². The van der Waals surface area contributed by atoms with Gasteiger partial charge in [0.05, 0.1) is 0 Å². The number of hydrogen-bond acceptors (Lipinski definition) is 6. The molecule has 6 nitrogen and oxygen atoms in total. The molecule has 0 amide bonds. The van der Waals surface area contributed by atoms with E-state index in [2.05, 4.69) is 41.5 Å². The predicted molar refractivity (Wildman–Crippen MR) is 318 cm³/mol. The molecule has 0 spiro atoms. The monoisotopic (exact) mass is 1120 g/mol. The Balaban J connectivity index is -0.000000143. The van der Waals surface area contributed by atoms with Crippen LogP contribution < -0.4 is 0 Å². The zero-order valence-electron chi connectivity index (χ0n) is 50.0. The fourth-order valence-corrected chi connectivity index (χ4v) is 7.99. The van der Waals surface area contributed by atoms with E-state index in [0.717, 1.165) is 38.5 Å². The van der Waals surface area contributed by atoms with E-state index in [1.807, 2.05) is 37.7 Å². The molecule has 0 bridgehead atoms. The summed E-state index contributed by atoms with van der Waals surface area (Å²) in [4.78, 5) is 59.1. The number of rotatable bonds is 54. The van der Waals surface area contributed by atoms with Crippen LogP contribution >= 0.6 is 0 Å². The largest absolute Gasteiger partial charge is 0.542 e. The molecule has 441 valence electrons. The molecule has 0 aromatic heterocycles. The summed E-state index contributed by atoms with van der Waals surface area (Å²) in [5.74, 6) is 0. The van der Waals surface area contributed by atoms with Crippen molar-refractivity contribution in [2.24, 2.45) is 0 Å². The van der Waals surface area contributed by atoms with Gasteiger partial charge in [0.2, 0.25) is 0 Å². The normalized spacial score (nSPS) is 9.95. The molecule has 0 aliphatic carbocycles. The topological polar surface area (TPSA) is 102 Å². The zero-order valence-corrected chi connectivity index (χ0v) is 51.6. The van der Waals surface area contributed by atoms with E-state index in [-0.39, 0.29) is 19.5 Å². The van der Waals surface area contributed by atoms with Crippen molar-refractivity contribution in [1.29, 1.82) is 0 Å². The Morgan fingerprint density at radius 1 is 0.151 bits per heavy atom. The van der Waals surface area contributed by atoms with Crippen LogP contribution in [0.25, 0.3) is 0 Å². The SMILES string of the molecule is CCCCCCCCCC[C-]=O.CCCCCCCCCC[C-]=O.CCCCCCCCCC[C-]=O.CCCCCCCCCC[C-]=O.CCCCCCCCCC[C-]=O.CCCCCCCCCC[C-]=O.[Rh]. The van der Waals surface area contributed by atoms with Crippen molar-refractivity contribution in [3.05, 3.63) is 0 Å². The molecule has 0 heterocycles. The quantitative estimate of drug-likeness (QED) is 0.0342. The first kappa shape index (κ1) is 85.6. The van der Waals surface area contributed by atoms with Gasteiger partial charge in [-0.15, -0.1) is 0 Å². The number of carbonyl (C=O) groups excluding carboxylic acids is 6. The first-order chi connectivity index (χ1) is 35.5. The zero-order chi connectivity index (χ0) is 54.4. The van der Waals surface area contributed by atoms with Crippen LogP contribution in [0.3, 0.4) is 0 Å². The van der Waals surface area contributed by atoms with Crippen LogP contribution in [0.15, 0.2) is 0 Å². The number of hydrogen-bond donors (Lipinski definition) is 0. The Morgan fingerprint density at radius 3 is 0.315 bits per heavy atom. The maximum Gasteiger partial charge on any atom is 0 e. The smallest absolute Gasteiger partial charge is 0 e. The summed E-state index contributed by atoms with van der Waals surface area (Å²) in [6.07, 6.45) is 77.5. The minimum atomic E-state index is 0. The van der Waals surface area contributed by atoms with Gasteiger partial charge in [-0.05, 0) is 0 Å². The summed E-state index contributed by atoms with van der Waals surface area (Å²) < 4.78 is 0. The van der Waals surface area contributed by atoms with Crippen LogP contribution in [0.1, 0.15) is 388 Å². The minimum Gasteiger partial charge on any atom is -0.542 e. The molecular formula is C66H126O6Rh-6. The Bertz CT molecular complexity index is 728. The van der Waals surface area contributed by atoms with E-state index >= 15 is 0 Å². The van der Waals surface area contributed by atoms with E-state index in [4.69, 9.17) is 0 Å². The van der Waals surface area contributed by atoms with Crippen LogP contribution in [0.4, 0.5) is 0 Å². The van der Waals surface area contributed by atoms with Gasteiger partial charge in [0.1, 0.15) is 0 Å². The second-order valence-corrected chi connectivity index (χ2v) is 20.2. The molecule has 0 aliphatic heterocycles. The van der Waals surface area contributed by atoms with Crippen molar-refractivity contribution in [1.82, 2.24) is 0 Å². The molecule has 0 saturated heterocycles. The van der Waals surface area contributed by atoms with Crippen molar-refractivity contribution >= 4 is 37.7 Å². The predicted octanol–water partition coefficient (Wildman–Crippen LogP) is 21.8. The van der Waals surface area contributed by atoms with Crippen molar-refractivity contribution in [2.75, 3.05) is 0 Å². The Kier molecular flexibility index (Phi) is 117. The molecule has 7 heteroatoms. The van der Waals surface area contributed by atoms with Crippen LogP contribution in [-0.4, -0.2) is 37.7 Å². The van der Waals surface area contributed by atoms with Crippen LogP contribution in [0.2, 0.25) is 0 Å². The average Bonchev–Trinajstić information content (AvgIpc) is 3.40. The fraction of sp³-hybridized carbons (Fsp3) is 0.909. The first-order valence-corrected chi connectivity index (χ1v) is 31.6. The number of unbranched alkanes of at least 4 members (excludes halogenated alkanes) is 48. The van der Waals surface area contributed by atoms with E-state index in [1.54, 1.807) is 0 Å². The Labute approximate surface area is 471 Å². The van der Waals surface area contributed by atoms with Gasteiger partial charge in [-0.1, -0.05) is 350 Å². The van der Waals surface area contributed by atoms with Gasteiger partial charge in [0, 0.05) is 19.5 Å². The van der Waals surface area contributed by atoms with Crippen LogP contribution in [0, 0.1) is 0 Å². The minimum absolute atomic E-state index is 0. The standard InChI is InChI=1S/6C11H21O.Rh/c6*1-2-3-4-5-6-7-8-9-10-11-12;/h6*2-10H2,1H3;/q6*-1;. The van der Waals surface area contributed by atoms with Crippen molar-refractivity contribution in [3.63, 3.8) is 0 Å². The van der Waals surface area contributed by atoms with Crippen molar-refractivity contribution in [3.8, 4) is 0 Å². The van der Waals surface area contributed by atoms with E-state index in [0.29, 0.717) is 38.5 Å². The van der Waals surface area contributed by atoms with Gasteiger partial charge >= 0.3 is 0 Å². The summed E-state index contributed by atoms with van der Waals surface area (Å²) in [7, 11) is 0. The molecular weight excluding hydrogens is 992 g/mol. The maximum atomic E-state index is 9.85. The summed E-state index contributed by atoms with van der Waals surface area (Å²) in [6.45, 7) is 13.4. The summed E-state index contributed by atoms with van der Waals surface area (Å²) in [6, 6.07) is 0. The van der Waals surface area contributed by atoms with Gasteiger partial charge < -0.3 is 28.8 Å². The summed E-state index contributed by atoms with van der Waals surface area (Å²) in [5.41, 5.74) is 0. The molecule has 0 aromatic carbocycles. The molecule has 73 heavy (non-hydrogen) atoms. The second kappa shape index (κ2) is 99.6. The fourth-order valence-electron chi connectivity index (χ4n) is 7.99. The third-order valence-corrected chi connectivity index (χ3v) is 12.8. The molecule has 0 N–H and O–H groups in total. The molecule has 0 fully saturated rings.